The van der Waals surface area contributed by atoms with E-state index in [2.05, 4.69) is 5.32 Å². The Hall–Kier alpha value is -1.59. The summed E-state index contributed by atoms with van der Waals surface area (Å²) >= 11 is 0. The highest BCUT2D eigenvalue weighted by atomic mass is 16.5. The van der Waals surface area contributed by atoms with E-state index in [0.717, 1.165) is 50.9 Å². The summed E-state index contributed by atoms with van der Waals surface area (Å²) in [5, 5.41) is 3.10. The van der Waals surface area contributed by atoms with Crippen LogP contribution in [0.2, 0.25) is 0 Å². The van der Waals surface area contributed by atoms with Gasteiger partial charge >= 0.3 is 0 Å². The molecule has 1 heterocycles. The first-order valence-corrected chi connectivity index (χ1v) is 8.61. The summed E-state index contributed by atoms with van der Waals surface area (Å²) in [5.74, 6) is 0.761. The molecule has 1 aromatic carbocycles. The van der Waals surface area contributed by atoms with Crippen molar-refractivity contribution in [1.29, 1.82) is 0 Å². The number of carbonyl (C=O) groups is 1. The van der Waals surface area contributed by atoms with Crippen molar-refractivity contribution < 1.29 is 14.3 Å². The van der Waals surface area contributed by atoms with Crippen molar-refractivity contribution in [3.63, 3.8) is 0 Å². The first-order valence-electron chi connectivity index (χ1n) is 8.61. The van der Waals surface area contributed by atoms with E-state index in [1.807, 2.05) is 24.3 Å². The molecule has 1 saturated carbocycles. The van der Waals surface area contributed by atoms with Gasteiger partial charge in [-0.15, -0.1) is 0 Å². The quantitative estimate of drug-likeness (QED) is 0.873. The number of nitrogens with one attached hydrogen (secondary N) is 1. The van der Waals surface area contributed by atoms with Gasteiger partial charge in [-0.05, 0) is 62.8 Å². The molecule has 2 aliphatic rings. The summed E-state index contributed by atoms with van der Waals surface area (Å²) in [7, 11) is 0. The number of ether oxygens (including phenoxy) is 2. The molecule has 0 bridgehead atoms. The minimum absolute atomic E-state index is 0.0175. The average molecular weight is 318 g/mol. The monoisotopic (exact) mass is 318 g/mol. The van der Waals surface area contributed by atoms with Gasteiger partial charge in [0.25, 0.3) is 5.91 Å². The van der Waals surface area contributed by atoms with Crippen LogP contribution in [0.1, 0.15) is 48.9 Å². The number of hydrogen-bond donors (Lipinski definition) is 2. The SMILES string of the molecule is NC1CCC(NC(=O)c2ccc(OCC3CCCO3)cc2)CC1. The van der Waals surface area contributed by atoms with Crippen molar-refractivity contribution in [1.82, 2.24) is 5.32 Å². The van der Waals surface area contributed by atoms with Gasteiger partial charge in [-0.2, -0.15) is 0 Å². The van der Waals surface area contributed by atoms with Crippen molar-refractivity contribution in [2.45, 2.75) is 56.7 Å². The lowest BCUT2D eigenvalue weighted by atomic mass is 9.91. The topological polar surface area (TPSA) is 73.6 Å². The van der Waals surface area contributed by atoms with E-state index >= 15 is 0 Å². The molecule has 126 valence electrons. The molecule has 5 nitrogen and oxygen atoms in total. The largest absolute Gasteiger partial charge is 0.491 e. The molecule has 3 N–H and O–H groups in total. The van der Waals surface area contributed by atoms with Crippen LogP contribution in [-0.2, 0) is 4.74 Å². The van der Waals surface area contributed by atoms with Gasteiger partial charge in [0.2, 0.25) is 0 Å². The molecule has 1 unspecified atom stereocenters. The van der Waals surface area contributed by atoms with Crippen LogP contribution in [0.4, 0.5) is 0 Å². The number of amides is 1. The zero-order valence-electron chi connectivity index (χ0n) is 13.5. The van der Waals surface area contributed by atoms with Crippen LogP contribution in [-0.4, -0.2) is 37.3 Å². The van der Waals surface area contributed by atoms with Crippen LogP contribution in [0.3, 0.4) is 0 Å². The van der Waals surface area contributed by atoms with Crippen LogP contribution < -0.4 is 15.8 Å². The second kappa shape index (κ2) is 7.79. The van der Waals surface area contributed by atoms with Gasteiger partial charge in [0, 0.05) is 24.3 Å². The van der Waals surface area contributed by atoms with Crippen LogP contribution in [0.25, 0.3) is 0 Å². The summed E-state index contributed by atoms with van der Waals surface area (Å²) in [6, 6.07) is 7.87. The number of nitrogens with two attached hydrogens (primary N) is 1. The minimum Gasteiger partial charge on any atom is -0.491 e. The van der Waals surface area contributed by atoms with Gasteiger partial charge in [-0.25, -0.2) is 0 Å². The molecule has 0 spiro atoms. The lowest BCUT2D eigenvalue weighted by molar-refractivity contribution is 0.0679. The van der Waals surface area contributed by atoms with Crippen molar-refractivity contribution in [3.8, 4) is 5.75 Å². The molecule has 0 radical (unpaired) electrons. The third kappa shape index (κ3) is 4.69. The average Bonchev–Trinajstić information content (AvgIpc) is 3.09. The summed E-state index contributed by atoms with van der Waals surface area (Å²) in [4.78, 5) is 12.3. The van der Waals surface area contributed by atoms with Crippen molar-refractivity contribution in [2.75, 3.05) is 13.2 Å². The number of hydrogen-bond acceptors (Lipinski definition) is 4. The number of carbonyl (C=O) groups excluding carboxylic acids is 1. The second-order valence-corrected chi connectivity index (χ2v) is 6.56. The summed E-state index contributed by atoms with van der Waals surface area (Å²) in [6.45, 7) is 1.41. The Morgan fingerprint density at radius 2 is 1.91 bits per heavy atom. The van der Waals surface area contributed by atoms with E-state index in [9.17, 15) is 4.79 Å². The standard InChI is InChI=1S/C18H26N2O3/c19-14-5-7-15(8-6-14)20-18(21)13-3-9-16(10-4-13)23-12-17-2-1-11-22-17/h3-4,9-10,14-15,17H,1-2,5-8,11-12,19H2,(H,20,21). The Morgan fingerprint density at radius 1 is 1.17 bits per heavy atom. The molecule has 3 rings (SSSR count). The van der Waals surface area contributed by atoms with Crippen LogP contribution in [0, 0.1) is 0 Å². The lowest BCUT2D eigenvalue weighted by Crippen LogP contribution is -2.40. The van der Waals surface area contributed by atoms with Gasteiger partial charge in [0.05, 0.1) is 6.10 Å². The molecular weight excluding hydrogens is 292 g/mol. The summed E-state index contributed by atoms with van der Waals surface area (Å²) in [5.41, 5.74) is 6.56. The Balaban J connectivity index is 1.47. The first kappa shape index (κ1) is 16.3. The maximum Gasteiger partial charge on any atom is 0.251 e. The summed E-state index contributed by atoms with van der Waals surface area (Å²) < 4.78 is 11.2. The maximum atomic E-state index is 12.3. The molecule has 1 atom stereocenters. The van der Waals surface area contributed by atoms with E-state index in [1.165, 1.54) is 0 Å². The molecular formula is C18H26N2O3. The number of rotatable bonds is 5. The highest BCUT2D eigenvalue weighted by Crippen LogP contribution is 2.19. The fourth-order valence-corrected chi connectivity index (χ4v) is 3.20. The Kier molecular flexibility index (Phi) is 5.51. The van der Waals surface area contributed by atoms with Crippen molar-refractivity contribution in [3.05, 3.63) is 29.8 Å². The van der Waals surface area contributed by atoms with Crippen molar-refractivity contribution in [2.24, 2.45) is 5.73 Å². The van der Waals surface area contributed by atoms with Gasteiger partial charge in [-0.1, -0.05) is 0 Å². The predicted octanol–water partition coefficient (Wildman–Crippen LogP) is 2.24. The van der Waals surface area contributed by atoms with E-state index in [0.29, 0.717) is 18.2 Å². The lowest BCUT2D eigenvalue weighted by Gasteiger charge is -2.26. The molecule has 1 aromatic rings. The first-order chi connectivity index (χ1) is 11.2. The van der Waals surface area contributed by atoms with Crippen LogP contribution >= 0.6 is 0 Å². The van der Waals surface area contributed by atoms with Gasteiger partial charge < -0.3 is 20.5 Å². The number of benzene rings is 1. The Morgan fingerprint density at radius 3 is 2.57 bits per heavy atom. The fraction of sp³-hybridized carbons (Fsp3) is 0.611. The molecule has 1 aliphatic heterocycles. The second-order valence-electron chi connectivity index (χ2n) is 6.56. The smallest absolute Gasteiger partial charge is 0.251 e. The minimum atomic E-state index is -0.0175. The van der Waals surface area contributed by atoms with E-state index < -0.39 is 0 Å². The highest BCUT2D eigenvalue weighted by Gasteiger charge is 2.20. The predicted molar refractivity (Wildman–Crippen MR) is 88.6 cm³/mol. The van der Waals surface area contributed by atoms with Crippen LogP contribution in [0.5, 0.6) is 5.75 Å². The molecule has 0 aromatic heterocycles. The highest BCUT2D eigenvalue weighted by molar-refractivity contribution is 5.94. The normalized spacial score (nSPS) is 27.6. The maximum absolute atomic E-state index is 12.3. The van der Waals surface area contributed by atoms with Crippen LogP contribution in [0.15, 0.2) is 24.3 Å². The van der Waals surface area contributed by atoms with Gasteiger partial charge in [0.15, 0.2) is 0 Å². The van der Waals surface area contributed by atoms with Gasteiger partial charge in [-0.3, -0.25) is 4.79 Å². The third-order valence-electron chi connectivity index (χ3n) is 4.68. The fourth-order valence-electron chi connectivity index (χ4n) is 3.20. The van der Waals surface area contributed by atoms with Crippen molar-refractivity contribution >= 4 is 5.91 Å². The third-order valence-corrected chi connectivity index (χ3v) is 4.68. The molecule has 1 aliphatic carbocycles. The van der Waals surface area contributed by atoms with Gasteiger partial charge in [0.1, 0.15) is 12.4 Å². The van der Waals surface area contributed by atoms with E-state index in [4.69, 9.17) is 15.2 Å². The molecule has 1 saturated heterocycles. The molecule has 23 heavy (non-hydrogen) atoms. The molecule has 2 fully saturated rings. The van der Waals surface area contributed by atoms with E-state index in [-0.39, 0.29) is 18.1 Å². The zero-order valence-corrected chi connectivity index (χ0v) is 13.5. The summed E-state index contributed by atoms with van der Waals surface area (Å²) in [6.07, 6.45) is 6.29. The van der Waals surface area contributed by atoms with E-state index in [1.54, 1.807) is 0 Å². The Bertz CT molecular complexity index is 504. The Labute approximate surface area is 137 Å². The molecule has 1 amide bonds. The molecule has 5 heteroatoms. The zero-order chi connectivity index (χ0) is 16.1.